The highest BCUT2D eigenvalue weighted by Crippen LogP contribution is 2.45. The monoisotopic (exact) mass is 1490 g/mol. The van der Waals surface area contributed by atoms with Gasteiger partial charge in [0.25, 0.3) is 0 Å². The Balaban J connectivity index is 0.000000135. The molecule has 10 aromatic carbocycles. The SMILES string of the molecule is COc1cc(O)c2c(=O)c(O)c(-c3ccc(O)c(O)c3)oc2c1.O=C1c2c(O)cc(O)cc2OC(c2ccc(O)c(O)c2)C1O.O=c1c(O)c(-c2ccc(O)c(O)c2)oc2cc(O)cc(O)c12.O=c1c(O)c(-c2ccc(O)c(O)c2)oc2cc(O)ccc12.O=c1cc(-c2ccc(O)c(O)c2)oc2cc(O)cc(O)c12. The molecule has 0 radical (unpaired) electrons. The topological polar surface area (TPSA) is 601 Å². The molecular formula is C76H54O33. The van der Waals surface area contributed by atoms with E-state index in [9.17, 15) is 136 Å². The molecule has 0 fully saturated rings. The van der Waals surface area contributed by atoms with Crippen LogP contribution in [0.2, 0.25) is 0 Å². The molecule has 1 aliphatic heterocycles. The van der Waals surface area contributed by atoms with E-state index in [1.54, 1.807) is 0 Å². The van der Waals surface area contributed by atoms with Crippen molar-refractivity contribution in [1.82, 2.24) is 0 Å². The number of phenols is 18. The van der Waals surface area contributed by atoms with Crippen LogP contribution < -0.4 is 31.2 Å². The fourth-order valence-electron chi connectivity index (χ4n) is 10.9. The number of Topliss-reactive ketones (excluding diaryl/α,β-unsaturated/α-hetero) is 1. The molecule has 1 aliphatic rings. The van der Waals surface area contributed by atoms with Crippen LogP contribution >= 0.6 is 0 Å². The molecule has 0 saturated heterocycles. The van der Waals surface area contributed by atoms with Crippen LogP contribution in [0, 0.1) is 0 Å². The smallest absolute Gasteiger partial charge is 0.238 e. The maximum Gasteiger partial charge on any atom is 0.238 e. The Kier molecular flexibility index (Phi) is 20.1. The lowest BCUT2D eigenvalue weighted by Gasteiger charge is -2.30. The number of ether oxygens (including phenoxy) is 2. The number of hydrogen-bond donors (Lipinski definition) is 22. The number of aliphatic hydroxyl groups is 1. The second-order valence-corrected chi connectivity index (χ2v) is 23.4. The molecule has 2 atom stereocenters. The van der Waals surface area contributed by atoms with E-state index < -0.39 is 91.5 Å². The number of carbonyl (C=O) groups excluding carboxylic acids is 1. The van der Waals surface area contributed by atoms with Gasteiger partial charge in [-0.05, 0) is 103 Å². The van der Waals surface area contributed by atoms with Crippen LogP contribution in [0.25, 0.3) is 89.2 Å². The van der Waals surface area contributed by atoms with Gasteiger partial charge in [0, 0.05) is 82.9 Å². The van der Waals surface area contributed by atoms with E-state index in [2.05, 4.69) is 0 Å². The number of carbonyl (C=O) groups is 1. The highest BCUT2D eigenvalue weighted by Gasteiger charge is 2.39. The lowest BCUT2D eigenvalue weighted by atomic mass is 9.92. The summed E-state index contributed by atoms with van der Waals surface area (Å²) in [7, 11) is 1.39. The molecule has 0 saturated carbocycles. The molecule has 0 aliphatic carbocycles. The quantitative estimate of drug-likeness (QED) is 0.0688. The lowest BCUT2D eigenvalue weighted by molar-refractivity contribution is 0.0210. The molecule has 0 amide bonds. The Hall–Kier alpha value is -15.9. The summed E-state index contributed by atoms with van der Waals surface area (Å²) in [5.74, 6) is -9.69. The van der Waals surface area contributed by atoms with Crippen molar-refractivity contribution in [3.05, 3.63) is 216 Å². The van der Waals surface area contributed by atoms with E-state index in [4.69, 9.17) is 27.1 Å². The number of methoxy groups -OCH3 is 1. The van der Waals surface area contributed by atoms with Gasteiger partial charge in [-0.1, -0.05) is 6.07 Å². The Morgan fingerprint density at radius 3 is 1.20 bits per heavy atom. The van der Waals surface area contributed by atoms with E-state index in [0.29, 0.717) is 5.56 Å². The largest absolute Gasteiger partial charge is 0.508 e. The molecule has 0 spiro atoms. The molecule has 2 unspecified atom stereocenters. The van der Waals surface area contributed by atoms with Crippen LogP contribution in [0.1, 0.15) is 22.0 Å². The lowest BCUT2D eigenvalue weighted by Crippen LogP contribution is -2.36. The third kappa shape index (κ3) is 14.9. The Morgan fingerprint density at radius 1 is 0.321 bits per heavy atom. The molecule has 22 N–H and O–H groups in total. The van der Waals surface area contributed by atoms with Crippen molar-refractivity contribution in [3.8, 4) is 178 Å². The summed E-state index contributed by atoms with van der Waals surface area (Å²) in [6.45, 7) is 0. The fraction of sp³-hybridized carbons (Fsp3) is 0.0395. The van der Waals surface area contributed by atoms with Gasteiger partial charge in [0.1, 0.15) is 107 Å². The number of rotatable bonds is 6. The predicted octanol–water partition coefficient (Wildman–Crippen LogP) is 10.0. The summed E-state index contributed by atoms with van der Waals surface area (Å²) < 4.78 is 32.2. The van der Waals surface area contributed by atoms with Crippen molar-refractivity contribution in [2.45, 2.75) is 12.2 Å². The van der Waals surface area contributed by atoms with E-state index in [1.165, 1.54) is 104 Å². The third-order valence-corrected chi connectivity index (χ3v) is 16.2. The zero-order chi connectivity index (χ0) is 79.0. The average Bonchev–Trinajstić information content (AvgIpc) is 0.787. The molecule has 556 valence electrons. The van der Waals surface area contributed by atoms with Crippen molar-refractivity contribution in [2.75, 3.05) is 7.11 Å². The van der Waals surface area contributed by atoms with Crippen molar-refractivity contribution in [1.29, 1.82) is 0 Å². The van der Waals surface area contributed by atoms with Gasteiger partial charge in [0.2, 0.25) is 39.3 Å². The maximum absolute atomic E-state index is 12.3. The molecule has 0 bridgehead atoms. The van der Waals surface area contributed by atoms with E-state index in [1.807, 2.05) is 0 Å². The van der Waals surface area contributed by atoms with Crippen LogP contribution in [0.4, 0.5) is 0 Å². The van der Waals surface area contributed by atoms with Gasteiger partial charge in [-0.3, -0.25) is 24.0 Å². The zero-order valence-electron chi connectivity index (χ0n) is 55.1. The first-order valence-corrected chi connectivity index (χ1v) is 30.9. The molecule has 109 heavy (non-hydrogen) atoms. The van der Waals surface area contributed by atoms with Crippen molar-refractivity contribution >= 4 is 49.7 Å². The number of aliphatic hydroxyl groups excluding tert-OH is 1. The normalized spacial score (nSPS) is 12.8. The van der Waals surface area contributed by atoms with Crippen LogP contribution in [-0.2, 0) is 0 Å². The second kappa shape index (κ2) is 29.4. The first kappa shape index (κ1) is 74.3. The standard InChI is InChI=1S/C16H12O7.C15H12O7.C15H10O7.2C15H10O6/c1-22-8-5-11(19)13-12(6-8)23-16(15(21)14(13)20)7-2-3-9(17)10(18)4-7;2*16-7-4-10(19)12-11(5-7)22-15(14(21)13(12)20)6-1-2-8(17)9(18)3-6;16-8-2-3-9-12(6-8)21-15(14(20)13(9)19)7-1-4-10(17)11(18)5-7;16-8-4-11(19)15-12(20)6-13(21-14(15)5-8)7-1-2-9(17)10(18)3-7/h2-6,17-19,21H,1H3;1-5,14-19,21H;1-5,16-19,21H;1-6,16-18,20H;1-6,16-19H. The van der Waals surface area contributed by atoms with Gasteiger partial charge >= 0.3 is 0 Å². The van der Waals surface area contributed by atoms with Gasteiger partial charge in [0.15, 0.2) is 92.4 Å². The number of fused-ring (bicyclic) bond motifs is 5. The first-order chi connectivity index (χ1) is 51.6. The Labute approximate surface area is 604 Å². The summed E-state index contributed by atoms with van der Waals surface area (Å²) in [4.78, 5) is 60.7. The predicted molar refractivity (Wildman–Crippen MR) is 380 cm³/mol. The molecular weight excluding hydrogens is 1440 g/mol. The summed E-state index contributed by atoms with van der Waals surface area (Å²) >= 11 is 0. The number of ketones is 1. The van der Waals surface area contributed by atoms with Gasteiger partial charge in [-0.15, -0.1) is 0 Å². The molecule has 33 nitrogen and oxygen atoms in total. The number of aromatic hydroxyl groups is 21. The number of phenolic OH excluding ortho intramolecular Hbond substituents is 18. The van der Waals surface area contributed by atoms with Crippen molar-refractivity contribution < 1.29 is 144 Å². The van der Waals surface area contributed by atoms with Gasteiger partial charge < -0.3 is 139 Å². The maximum atomic E-state index is 12.3. The third-order valence-electron chi connectivity index (χ3n) is 16.2. The minimum atomic E-state index is -1.60. The summed E-state index contributed by atoms with van der Waals surface area (Å²) in [6, 6.07) is 32.8. The van der Waals surface area contributed by atoms with Crippen LogP contribution in [-0.4, -0.2) is 131 Å². The molecule has 5 heterocycles. The van der Waals surface area contributed by atoms with Gasteiger partial charge in [-0.2, -0.15) is 0 Å². The highest BCUT2D eigenvalue weighted by atomic mass is 16.5. The minimum Gasteiger partial charge on any atom is -0.508 e. The Bertz CT molecular complexity index is 6270. The molecule has 15 rings (SSSR count). The Morgan fingerprint density at radius 2 is 0.716 bits per heavy atom. The fourth-order valence-corrected chi connectivity index (χ4v) is 10.9. The highest BCUT2D eigenvalue weighted by molar-refractivity contribution is 6.05. The van der Waals surface area contributed by atoms with Crippen LogP contribution in [0.15, 0.2) is 201 Å². The number of hydrogen-bond acceptors (Lipinski definition) is 33. The van der Waals surface area contributed by atoms with E-state index in [-0.39, 0.29) is 175 Å². The van der Waals surface area contributed by atoms with Crippen molar-refractivity contribution in [3.63, 3.8) is 0 Å². The summed E-state index contributed by atoms with van der Waals surface area (Å²) in [6.07, 6.45) is -2.75. The number of benzene rings is 10. The van der Waals surface area contributed by atoms with Gasteiger partial charge in [-0.25, -0.2) is 0 Å². The minimum absolute atomic E-state index is 0.00668. The first-order valence-electron chi connectivity index (χ1n) is 30.9. The molecule has 33 heteroatoms. The van der Waals surface area contributed by atoms with Crippen molar-refractivity contribution in [2.24, 2.45) is 0 Å². The zero-order valence-corrected chi connectivity index (χ0v) is 55.1. The average molecular weight is 1500 g/mol. The van der Waals surface area contributed by atoms with Crippen LogP contribution in [0.3, 0.4) is 0 Å². The summed E-state index contributed by atoms with van der Waals surface area (Å²) in [5, 5.41) is 211. The van der Waals surface area contributed by atoms with E-state index >= 15 is 0 Å². The van der Waals surface area contributed by atoms with Gasteiger partial charge in [0.05, 0.1) is 12.5 Å². The van der Waals surface area contributed by atoms with E-state index in [0.717, 1.165) is 66.7 Å². The second-order valence-electron chi connectivity index (χ2n) is 23.4. The molecule has 14 aromatic rings. The van der Waals surface area contributed by atoms with Crippen LogP contribution in [0.5, 0.6) is 132 Å². The summed E-state index contributed by atoms with van der Waals surface area (Å²) in [5.41, 5.74) is -1.94. The molecule has 4 aromatic heterocycles.